The number of carbonyl (C=O) groups is 1. The summed E-state index contributed by atoms with van der Waals surface area (Å²) < 4.78 is 4.87. The third-order valence-corrected chi connectivity index (χ3v) is 1.93. The van der Waals surface area contributed by atoms with E-state index in [1.807, 2.05) is 6.92 Å². The summed E-state index contributed by atoms with van der Waals surface area (Å²) in [5.74, 6) is -0.111. The van der Waals surface area contributed by atoms with Gasteiger partial charge in [0.2, 0.25) is 0 Å². The van der Waals surface area contributed by atoms with Crippen molar-refractivity contribution in [3.8, 4) is 0 Å². The van der Waals surface area contributed by atoms with Gasteiger partial charge in [-0.25, -0.2) is 0 Å². The molecule has 0 saturated carbocycles. The highest BCUT2D eigenvalue weighted by atomic mass is 16.5. The highest BCUT2D eigenvalue weighted by Gasteiger charge is 2.08. The first-order valence-corrected chi connectivity index (χ1v) is 5.12. The van der Waals surface area contributed by atoms with Crippen LogP contribution in [-0.4, -0.2) is 37.1 Å². The Bertz CT molecular complexity index is 137. The molecule has 0 saturated heterocycles. The second-order valence-corrected chi connectivity index (χ2v) is 3.03. The van der Waals surface area contributed by atoms with Gasteiger partial charge in [0, 0.05) is 0 Å². The molecule has 0 unspecified atom stereocenters. The van der Waals surface area contributed by atoms with Crippen molar-refractivity contribution >= 4 is 5.97 Å². The monoisotopic (exact) mass is 187 g/mol. The Labute approximate surface area is 81.1 Å². The largest absolute Gasteiger partial charge is 0.465 e. The zero-order chi connectivity index (χ0) is 10.1. The van der Waals surface area contributed by atoms with E-state index in [0.717, 1.165) is 19.5 Å². The number of nitrogens with zero attached hydrogens (tertiary/aromatic N) is 1. The van der Waals surface area contributed by atoms with Crippen LogP contribution in [0.25, 0.3) is 0 Å². The minimum absolute atomic E-state index is 0.111. The normalized spacial score (nSPS) is 10.5. The van der Waals surface area contributed by atoms with Crippen molar-refractivity contribution in [3.05, 3.63) is 0 Å². The molecule has 0 amide bonds. The van der Waals surface area contributed by atoms with Crippen LogP contribution in [-0.2, 0) is 9.53 Å². The predicted octanol–water partition coefficient (Wildman–Crippen LogP) is 1.67. The number of hydrogen-bond acceptors (Lipinski definition) is 3. The fourth-order valence-corrected chi connectivity index (χ4v) is 1.12. The Morgan fingerprint density at radius 2 is 2.00 bits per heavy atom. The maximum Gasteiger partial charge on any atom is 0.320 e. The molecule has 0 fully saturated rings. The molecule has 0 heterocycles. The van der Waals surface area contributed by atoms with Gasteiger partial charge in [-0.05, 0) is 26.4 Å². The van der Waals surface area contributed by atoms with Gasteiger partial charge in [-0.1, -0.05) is 20.3 Å². The third kappa shape index (κ3) is 6.58. The summed E-state index contributed by atoms with van der Waals surface area (Å²) in [5.41, 5.74) is 0. The summed E-state index contributed by atoms with van der Waals surface area (Å²) >= 11 is 0. The Kier molecular flexibility index (Phi) is 7.69. The van der Waals surface area contributed by atoms with Crippen molar-refractivity contribution in [3.63, 3.8) is 0 Å². The fraction of sp³-hybridized carbons (Fsp3) is 0.900. The second-order valence-electron chi connectivity index (χ2n) is 3.03. The van der Waals surface area contributed by atoms with Gasteiger partial charge in [0.05, 0.1) is 13.2 Å². The van der Waals surface area contributed by atoms with Crippen LogP contribution in [0.3, 0.4) is 0 Å². The molecule has 0 N–H and O–H groups in total. The number of likely N-dealkylation sites (N-methyl/N-ethyl adjacent to an activating group) is 1. The molecule has 0 aliphatic heterocycles. The lowest BCUT2D eigenvalue weighted by Crippen LogP contribution is -2.31. The van der Waals surface area contributed by atoms with Crippen LogP contribution in [0.15, 0.2) is 0 Å². The smallest absolute Gasteiger partial charge is 0.320 e. The van der Waals surface area contributed by atoms with Gasteiger partial charge in [-0.2, -0.15) is 0 Å². The molecule has 0 spiro atoms. The molecule has 0 aliphatic carbocycles. The van der Waals surface area contributed by atoms with Gasteiger partial charge >= 0.3 is 5.97 Å². The van der Waals surface area contributed by atoms with Crippen LogP contribution in [0.4, 0.5) is 0 Å². The zero-order valence-corrected chi connectivity index (χ0v) is 9.01. The predicted molar refractivity (Wildman–Crippen MR) is 53.7 cm³/mol. The molecular formula is C10H21NO2. The van der Waals surface area contributed by atoms with Crippen LogP contribution in [0, 0.1) is 0 Å². The first-order valence-electron chi connectivity index (χ1n) is 5.12. The van der Waals surface area contributed by atoms with Crippen LogP contribution >= 0.6 is 0 Å². The molecule has 0 aromatic heterocycles. The zero-order valence-electron chi connectivity index (χ0n) is 9.01. The number of esters is 1. The standard InChI is InChI=1S/C10H21NO2/c1-4-7-8-11(5-2)9-10(12)13-6-3/h4-9H2,1-3H3. The van der Waals surface area contributed by atoms with E-state index in [2.05, 4.69) is 18.7 Å². The molecule has 78 valence electrons. The van der Waals surface area contributed by atoms with Gasteiger partial charge in [0.25, 0.3) is 0 Å². The molecule has 0 radical (unpaired) electrons. The molecule has 0 aromatic rings. The minimum atomic E-state index is -0.111. The highest BCUT2D eigenvalue weighted by Crippen LogP contribution is 1.95. The van der Waals surface area contributed by atoms with Gasteiger partial charge in [-0.15, -0.1) is 0 Å². The topological polar surface area (TPSA) is 29.5 Å². The van der Waals surface area contributed by atoms with Crippen molar-refractivity contribution in [1.82, 2.24) is 4.90 Å². The SMILES string of the molecule is CCCCN(CC)CC(=O)OCC. The van der Waals surface area contributed by atoms with Crippen LogP contribution in [0.5, 0.6) is 0 Å². The van der Waals surface area contributed by atoms with Crippen molar-refractivity contribution in [1.29, 1.82) is 0 Å². The lowest BCUT2D eigenvalue weighted by molar-refractivity contribution is -0.144. The second kappa shape index (κ2) is 8.05. The van der Waals surface area contributed by atoms with E-state index in [1.54, 1.807) is 0 Å². The summed E-state index contributed by atoms with van der Waals surface area (Å²) in [6, 6.07) is 0. The molecule has 0 aromatic carbocycles. The van der Waals surface area contributed by atoms with Gasteiger partial charge in [0.1, 0.15) is 0 Å². The minimum Gasteiger partial charge on any atom is -0.465 e. The maximum absolute atomic E-state index is 11.1. The summed E-state index contributed by atoms with van der Waals surface area (Å²) in [5, 5.41) is 0. The van der Waals surface area contributed by atoms with Gasteiger partial charge in [-0.3, -0.25) is 9.69 Å². The number of hydrogen-bond donors (Lipinski definition) is 0. The van der Waals surface area contributed by atoms with Crippen molar-refractivity contribution < 1.29 is 9.53 Å². The van der Waals surface area contributed by atoms with Crippen molar-refractivity contribution in [2.75, 3.05) is 26.2 Å². The molecule has 0 bridgehead atoms. The average molecular weight is 187 g/mol. The summed E-state index contributed by atoms with van der Waals surface area (Å²) in [6.07, 6.45) is 2.31. The van der Waals surface area contributed by atoms with E-state index in [4.69, 9.17) is 4.74 Å². The summed E-state index contributed by atoms with van der Waals surface area (Å²) in [4.78, 5) is 13.2. The van der Waals surface area contributed by atoms with Crippen LogP contribution in [0.1, 0.15) is 33.6 Å². The van der Waals surface area contributed by atoms with Crippen molar-refractivity contribution in [2.24, 2.45) is 0 Å². The maximum atomic E-state index is 11.1. The molecule has 13 heavy (non-hydrogen) atoms. The molecule has 3 heteroatoms. The molecule has 0 atom stereocenters. The quantitative estimate of drug-likeness (QED) is 0.568. The Balaban J connectivity index is 3.62. The van der Waals surface area contributed by atoms with E-state index in [1.165, 1.54) is 6.42 Å². The van der Waals surface area contributed by atoms with Crippen LogP contribution in [0.2, 0.25) is 0 Å². The molecule has 0 aliphatic rings. The van der Waals surface area contributed by atoms with E-state index < -0.39 is 0 Å². The first-order chi connectivity index (χ1) is 6.24. The summed E-state index contributed by atoms with van der Waals surface area (Å²) in [6.45, 7) is 8.87. The third-order valence-electron chi connectivity index (χ3n) is 1.93. The highest BCUT2D eigenvalue weighted by molar-refractivity contribution is 5.71. The lowest BCUT2D eigenvalue weighted by Gasteiger charge is -2.18. The Hall–Kier alpha value is -0.570. The number of carbonyl (C=O) groups excluding carboxylic acids is 1. The van der Waals surface area contributed by atoms with E-state index in [0.29, 0.717) is 13.2 Å². The molecular weight excluding hydrogens is 166 g/mol. The van der Waals surface area contributed by atoms with Crippen molar-refractivity contribution in [2.45, 2.75) is 33.6 Å². The van der Waals surface area contributed by atoms with E-state index in [-0.39, 0.29) is 5.97 Å². The fourth-order valence-electron chi connectivity index (χ4n) is 1.12. The summed E-state index contributed by atoms with van der Waals surface area (Å²) in [7, 11) is 0. The van der Waals surface area contributed by atoms with E-state index in [9.17, 15) is 4.79 Å². The lowest BCUT2D eigenvalue weighted by atomic mass is 10.3. The molecule has 0 rings (SSSR count). The van der Waals surface area contributed by atoms with Gasteiger partial charge < -0.3 is 4.74 Å². The Morgan fingerprint density at radius 3 is 2.46 bits per heavy atom. The number of unbranched alkanes of at least 4 members (excludes halogenated alkanes) is 1. The van der Waals surface area contributed by atoms with Crippen LogP contribution < -0.4 is 0 Å². The first kappa shape index (κ1) is 12.4. The number of ether oxygens (including phenoxy) is 1. The van der Waals surface area contributed by atoms with E-state index >= 15 is 0 Å². The van der Waals surface area contributed by atoms with Gasteiger partial charge in [0.15, 0.2) is 0 Å². The number of rotatable bonds is 7. The average Bonchev–Trinajstić information content (AvgIpc) is 2.12. The Morgan fingerprint density at radius 1 is 1.31 bits per heavy atom. The molecule has 3 nitrogen and oxygen atoms in total.